The van der Waals surface area contributed by atoms with Gasteiger partial charge in [0.05, 0.1) is 17.8 Å². The second kappa shape index (κ2) is 9.64. The van der Waals surface area contributed by atoms with Gasteiger partial charge in [-0.15, -0.1) is 0 Å². The summed E-state index contributed by atoms with van der Waals surface area (Å²) in [4.78, 5) is 24.4. The van der Waals surface area contributed by atoms with Crippen LogP contribution in [-0.4, -0.2) is 28.5 Å². The van der Waals surface area contributed by atoms with E-state index in [4.69, 9.17) is 9.40 Å². The van der Waals surface area contributed by atoms with Crippen LogP contribution in [-0.2, 0) is 4.79 Å². The topological polar surface area (TPSA) is 71.3 Å². The molecule has 6 nitrogen and oxygen atoms in total. The normalized spacial score (nSPS) is 12.1. The second-order valence-corrected chi connectivity index (χ2v) is 8.10. The van der Waals surface area contributed by atoms with Crippen molar-refractivity contribution in [2.75, 3.05) is 11.4 Å². The number of carbonyl (C=O) groups is 1. The average molecular weight is 429 g/mol. The summed E-state index contributed by atoms with van der Waals surface area (Å²) in [5.74, 6) is 1.98. The van der Waals surface area contributed by atoms with Crippen LogP contribution in [0.25, 0.3) is 22.5 Å². The molecule has 0 aliphatic carbocycles. The summed E-state index contributed by atoms with van der Waals surface area (Å²) in [6.45, 7) is 6.76. The molecule has 4 rings (SSSR count). The van der Waals surface area contributed by atoms with Gasteiger partial charge in [0.2, 0.25) is 5.91 Å². The van der Waals surface area contributed by atoms with Crippen LogP contribution in [0.3, 0.4) is 0 Å². The van der Waals surface area contributed by atoms with Gasteiger partial charge >= 0.3 is 0 Å². The highest BCUT2D eigenvalue weighted by molar-refractivity contribution is 5.91. The fourth-order valence-corrected chi connectivity index (χ4v) is 3.76. The summed E-state index contributed by atoms with van der Waals surface area (Å²) >= 11 is 0. The third-order valence-corrected chi connectivity index (χ3v) is 5.48. The zero-order valence-electron chi connectivity index (χ0n) is 18.7. The number of aromatic nitrogens is 2. The molecule has 32 heavy (non-hydrogen) atoms. The number of rotatable bonds is 8. The summed E-state index contributed by atoms with van der Waals surface area (Å²) < 4.78 is 5.54. The SMILES string of the molecule is CC(C)N(CCC(=O)N[C@@H](C)c1ccccc1)c1nc(-c2ccco2)nc2ccccc12. The molecule has 6 heteroatoms. The van der Waals surface area contributed by atoms with Gasteiger partial charge in [0, 0.05) is 24.4 Å². The first kappa shape index (κ1) is 21.6. The second-order valence-electron chi connectivity index (χ2n) is 8.10. The van der Waals surface area contributed by atoms with E-state index >= 15 is 0 Å². The van der Waals surface area contributed by atoms with E-state index in [1.54, 1.807) is 6.26 Å². The Bertz CT molecular complexity index is 1170. The number of hydrogen-bond acceptors (Lipinski definition) is 5. The van der Waals surface area contributed by atoms with Gasteiger partial charge in [0.25, 0.3) is 0 Å². The molecule has 2 aromatic heterocycles. The van der Waals surface area contributed by atoms with Crippen molar-refractivity contribution in [3.63, 3.8) is 0 Å². The number of furan rings is 1. The highest BCUT2D eigenvalue weighted by Gasteiger charge is 2.20. The fourth-order valence-electron chi connectivity index (χ4n) is 3.76. The van der Waals surface area contributed by atoms with Gasteiger partial charge in [-0.3, -0.25) is 4.79 Å². The standard InChI is InChI=1S/C26H28N4O2/c1-18(2)30(16-15-24(31)27-19(3)20-10-5-4-6-11-20)26-21-12-7-8-13-22(21)28-25(29-26)23-14-9-17-32-23/h4-14,17-19H,15-16H2,1-3H3,(H,27,31)/t19-/m0/s1. The zero-order chi connectivity index (χ0) is 22.5. The summed E-state index contributed by atoms with van der Waals surface area (Å²) in [6, 6.07) is 21.7. The van der Waals surface area contributed by atoms with Gasteiger partial charge < -0.3 is 14.6 Å². The Hall–Kier alpha value is -3.67. The van der Waals surface area contributed by atoms with Crippen molar-refractivity contribution in [2.24, 2.45) is 0 Å². The maximum Gasteiger partial charge on any atom is 0.222 e. The minimum absolute atomic E-state index is 0.0108. The fraction of sp³-hybridized carbons (Fsp3) is 0.269. The van der Waals surface area contributed by atoms with Crippen LogP contribution >= 0.6 is 0 Å². The lowest BCUT2D eigenvalue weighted by Gasteiger charge is -2.29. The van der Waals surface area contributed by atoms with Crippen LogP contribution < -0.4 is 10.2 Å². The minimum atomic E-state index is -0.0402. The molecule has 2 heterocycles. The van der Waals surface area contributed by atoms with Crippen molar-refractivity contribution in [2.45, 2.75) is 39.3 Å². The molecule has 1 atom stereocenters. The maximum atomic E-state index is 12.7. The molecule has 0 radical (unpaired) electrons. The maximum absolute atomic E-state index is 12.7. The molecule has 0 unspecified atom stereocenters. The van der Waals surface area contributed by atoms with Gasteiger partial charge in [0.1, 0.15) is 5.82 Å². The van der Waals surface area contributed by atoms with Gasteiger partial charge in [-0.1, -0.05) is 42.5 Å². The molecular weight excluding hydrogens is 400 g/mol. The average Bonchev–Trinajstić information content (AvgIpc) is 3.34. The molecule has 1 N–H and O–H groups in total. The largest absolute Gasteiger partial charge is 0.461 e. The lowest BCUT2D eigenvalue weighted by atomic mass is 10.1. The third kappa shape index (κ3) is 4.80. The first-order valence-electron chi connectivity index (χ1n) is 10.9. The summed E-state index contributed by atoms with van der Waals surface area (Å²) in [5, 5.41) is 4.05. The molecule has 0 aliphatic rings. The number of carbonyl (C=O) groups excluding carboxylic acids is 1. The molecule has 4 aromatic rings. The monoisotopic (exact) mass is 428 g/mol. The number of hydrogen-bond donors (Lipinski definition) is 1. The van der Waals surface area contributed by atoms with E-state index in [0.29, 0.717) is 24.6 Å². The molecule has 2 aromatic carbocycles. The highest BCUT2D eigenvalue weighted by atomic mass is 16.3. The molecule has 164 valence electrons. The van der Waals surface area contributed by atoms with E-state index in [2.05, 4.69) is 29.0 Å². The predicted octanol–water partition coefficient (Wildman–Crippen LogP) is 5.37. The number of fused-ring (bicyclic) bond motifs is 1. The van der Waals surface area contributed by atoms with E-state index < -0.39 is 0 Å². The van der Waals surface area contributed by atoms with Crippen molar-refractivity contribution in [1.29, 1.82) is 0 Å². The summed E-state index contributed by atoms with van der Waals surface area (Å²) in [6.07, 6.45) is 1.98. The zero-order valence-corrected chi connectivity index (χ0v) is 18.7. The molecule has 0 aliphatic heterocycles. The Morgan fingerprint density at radius 1 is 0.969 bits per heavy atom. The Morgan fingerprint density at radius 2 is 1.72 bits per heavy atom. The first-order valence-corrected chi connectivity index (χ1v) is 10.9. The summed E-state index contributed by atoms with van der Waals surface area (Å²) in [7, 11) is 0. The highest BCUT2D eigenvalue weighted by Crippen LogP contribution is 2.29. The van der Waals surface area contributed by atoms with Crippen LogP contribution in [0.1, 0.15) is 38.8 Å². The smallest absolute Gasteiger partial charge is 0.222 e. The lowest BCUT2D eigenvalue weighted by Crippen LogP contribution is -2.36. The minimum Gasteiger partial charge on any atom is -0.461 e. The van der Waals surface area contributed by atoms with Gasteiger partial charge in [-0.25, -0.2) is 9.97 Å². The van der Waals surface area contributed by atoms with Crippen LogP contribution in [0.5, 0.6) is 0 Å². The predicted molar refractivity (Wildman–Crippen MR) is 127 cm³/mol. The number of nitrogens with one attached hydrogen (secondary N) is 1. The third-order valence-electron chi connectivity index (χ3n) is 5.48. The number of nitrogens with zero attached hydrogens (tertiary/aromatic N) is 3. The van der Waals surface area contributed by atoms with Crippen LogP contribution in [0.4, 0.5) is 5.82 Å². The van der Waals surface area contributed by atoms with E-state index in [1.807, 2.05) is 73.7 Å². The molecule has 1 amide bonds. The molecule has 0 bridgehead atoms. The lowest BCUT2D eigenvalue weighted by molar-refractivity contribution is -0.121. The molecule has 0 saturated heterocycles. The van der Waals surface area contributed by atoms with Crippen LogP contribution in [0.2, 0.25) is 0 Å². The van der Waals surface area contributed by atoms with Crippen molar-refractivity contribution >= 4 is 22.6 Å². The molecular formula is C26H28N4O2. The summed E-state index contributed by atoms with van der Waals surface area (Å²) in [5.41, 5.74) is 1.93. The van der Waals surface area contributed by atoms with Crippen LogP contribution in [0, 0.1) is 0 Å². The number of para-hydroxylation sites is 1. The van der Waals surface area contributed by atoms with E-state index in [9.17, 15) is 4.79 Å². The van der Waals surface area contributed by atoms with Gasteiger partial charge in [-0.05, 0) is 50.6 Å². The van der Waals surface area contributed by atoms with Crippen LogP contribution in [0.15, 0.2) is 77.4 Å². The van der Waals surface area contributed by atoms with Crippen molar-refractivity contribution < 1.29 is 9.21 Å². The molecule has 0 saturated carbocycles. The van der Waals surface area contributed by atoms with E-state index in [0.717, 1.165) is 22.3 Å². The van der Waals surface area contributed by atoms with E-state index in [1.165, 1.54) is 0 Å². The van der Waals surface area contributed by atoms with Crippen molar-refractivity contribution in [3.05, 3.63) is 78.6 Å². The Kier molecular flexibility index (Phi) is 6.50. The Morgan fingerprint density at radius 3 is 2.44 bits per heavy atom. The Labute approximate surface area is 188 Å². The quantitative estimate of drug-likeness (QED) is 0.408. The van der Waals surface area contributed by atoms with E-state index in [-0.39, 0.29) is 18.0 Å². The Balaban J connectivity index is 1.57. The first-order chi connectivity index (χ1) is 15.5. The number of anilines is 1. The van der Waals surface area contributed by atoms with Gasteiger partial charge in [-0.2, -0.15) is 0 Å². The number of benzene rings is 2. The van der Waals surface area contributed by atoms with Crippen molar-refractivity contribution in [1.82, 2.24) is 15.3 Å². The number of amides is 1. The molecule has 0 spiro atoms. The van der Waals surface area contributed by atoms with Crippen molar-refractivity contribution in [3.8, 4) is 11.6 Å². The van der Waals surface area contributed by atoms with Gasteiger partial charge in [0.15, 0.2) is 11.6 Å². The molecule has 0 fully saturated rings.